The van der Waals surface area contributed by atoms with Crippen LogP contribution >= 0.6 is 0 Å². The van der Waals surface area contributed by atoms with Crippen LogP contribution in [0.5, 0.6) is 0 Å². The highest BCUT2D eigenvalue weighted by Crippen LogP contribution is 2.29. The Morgan fingerprint density at radius 3 is 2.71 bits per heavy atom. The molecule has 0 bridgehead atoms. The highest BCUT2D eigenvalue weighted by molar-refractivity contribution is 6.32. The van der Waals surface area contributed by atoms with Gasteiger partial charge in [0.25, 0.3) is 5.91 Å². The van der Waals surface area contributed by atoms with Crippen LogP contribution < -0.4 is 0 Å². The molecule has 0 fully saturated rings. The summed E-state index contributed by atoms with van der Waals surface area (Å²) in [6, 6.07) is 7.34. The molecule has 0 N–H and O–H groups in total. The minimum absolute atomic E-state index is 0.242. The van der Waals surface area contributed by atoms with Gasteiger partial charge in [-0.2, -0.15) is 10.1 Å². The second-order valence-electron chi connectivity index (χ2n) is 3.04. The Kier molecular flexibility index (Phi) is 1.28. The lowest BCUT2D eigenvalue weighted by molar-refractivity contribution is 0.100. The summed E-state index contributed by atoms with van der Waals surface area (Å²) >= 11 is 0. The van der Waals surface area contributed by atoms with E-state index in [0.29, 0.717) is 11.4 Å². The third-order valence-corrected chi connectivity index (χ3v) is 2.24. The van der Waals surface area contributed by atoms with E-state index in [1.807, 2.05) is 18.2 Å². The molecule has 2 aliphatic rings. The number of hydrogen-bond acceptors (Lipinski definition) is 3. The Bertz CT molecular complexity index is 526. The van der Waals surface area contributed by atoms with Crippen molar-refractivity contribution in [2.24, 2.45) is 15.2 Å². The number of azo groups is 1. The molecule has 0 saturated carbocycles. The van der Waals surface area contributed by atoms with Gasteiger partial charge in [0.15, 0.2) is 5.84 Å². The summed E-state index contributed by atoms with van der Waals surface area (Å²) < 4.78 is 0. The molecule has 0 unspecified atom stereocenters. The highest BCUT2D eigenvalue weighted by Gasteiger charge is 2.25. The number of fused-ring (bicyclic) bond motifs is 3. The van der Waals surface area contributed by atoms with Gasteiger partial charge in [-0.25, -0.2) is 0 Å². The average Bonchev–Trinajstić information content (AvgIpc) is 2.66. The number of amides is 1. The van der Waals surface area contributed by atoms with E-state index in [0.717, 1.165) is 11.1 Å². The zero-order valence-corrected chi connectivity index (χ0v) is 7.14. The van der Waals surface area contributed by atoms with Crippen LogP contribution in [0.4, 0.5) is 0 Å². The molecule has 1 aromatic rings. The summed E-state index contributed by atoms with van der Waals surface area (Å²) in [4.78, 5) is 15.3. The smallest absolute Gasteiger partial charge is 0.267 e. The van der Waals surface area contributed by atoms with Crippen molar-refractivity contribution in [1.82, 2.24) is 0 Å². The van der Waals surface area contributed by atoms with Crippen LogP contribution in [0.1, 0.15) is 15.9 Å². The Labute approximate surface area is 79.7 Å². The molecular formula is C10H5N3O. The average molecular weight is 183 g/mol. The zero-order valence-electron chi connectivity index (χ0n) is 7.14. The lowest BCUT2D eigenvalue weighted by Gasteiger charge is -2.11. The van der Waals surface area contributed by atoms with Crippen LogP contribution in [0.15, 0.2) is 45.7 Å². The Morgan fingerprint density at radius 1 is 1.07 bits per heavy atom. The Balaban J connectivity index is 2.33. The van der Waals surface area contributed by atoms with Crippen molar-refractivity contribution < 1.29 is 4.79 Å². The molecule has 1 amide bonds. The number of benzene rings is 1. The van der Waals surface area contributed by atoms with Gasteiger partial charge < -0.3 is 0 Å². The van der Waals surface area contributed by atoms with Crippen molar-refractivity contribution in [2.75, 3.05) is 0 Å². The maximum absolute atomic E-state index is 11.5. The fraction of sp³-hybridized carbons (Fsp3) is 0. The summed E-state index contributed by atoms with van der Waals surface area (Å²) in [7, 11) is 0. The summed E-state index contributed by atoms with van der Waals surface area (Å²) in [5.41, 5.74) is 2.32. The van der Waals surface area contributed by atoms with Gasteiger partial charge in [0.05, 0.1) is 6.20 Å². The van der Waals surface area contributed by atoms with Gasteiger partial charge in [-0.3, -0.25) is 4.79 Å². The molecule has 4 nitrogen and oxygen atoms in total. The van der Waals surface area contributed by atoms with Gasteiger partial charge in [-0.1, -0.05) is 18.2 Å². The lowest BCUT2D eigenvalue weighted by Crippen LogP contribution is -2.11. The van der Waals surface area contributed by atoms with Crippen LogP contribution in [0.2, 0.25) is 0 Å². The fourth-order valence-electron chi connectivity index (χ4n) is 1.59. The molecule has 0 radical (unpaired) electrons. The van der Waals surface area contributed by atoms with Gasteiger partial charge in [-0.15, -0.1) is 5.11 Å². The van der Waals surface area contributed by atoms with Crippen LogP contribution in [0, 0.1) is 0 Å². The molecule has 3 rings (SSSR count). The van der Waals surface area contributed by atoms with Crippen molar-refractivity contribution in [2.45, 2.75) is 0 Å². The molecule has 0 aromatic heterocycles. The first kappa shape index (κ1) is 7.32. The molecule has 2 aliphatic heterocycles. The predicted molar refractivity (Wildman–Crippen MR) is 51.0 cm³/mol. The molecule has 14 heavy (non-hydrogen) atoms. The van der Waals surface area contributed by atoms with Crippen LogP contribution in [0.3, 0.4) is 0 Å². The third kappa shape index (κ3) is 0.821. The van der Waals surface area contributed by atoms with E-state index in [1.165, 1.54) is 0 Å². The largest absolute Gasteiger partial charge is 0.279 e. The van der Waals surface area contributed by atoms with Crippen molar-refractivity contribution in [3.63, 3.8) is 0 Å². The highest BCUT2D eigenvalue weighted by atomic mass is 16.1. The standard InChI is InChI=1S/C10H5N3O/c14-10-7-4-2-1-3-6(7)8-5-11-13-9(8)12-10/h1-5H. The summed E-state index contributed by atoms with van der Waals surface area (Å²) in [6.07, 6.45) is 1.63. The van der Waals surface area contributed by atoms with Gasteiger partial charge in [0.2, 0.25) is 0 Å². The normalized spacial score (nSPS) is 17.3. The molecule has 0 spiro atoms. The number of hydrogen-bond donors (Lipinski definition) is 0. The van der Waals surface area contributed by atoms with Crippen molar-refractivity contribution in [3.05, 3.63) is 41.6 Å². The summed E-state index contributed by atoms with van der Waals surface area (Å²) in [6.45, 7) is 0. The molecule has 2 heterocycles. The van der Waals surface area contributed by atoms with Gasteiger partial charge in [0, 0.05) is 11.1 Å². The fourth-order valence-corrected chi connectivity index (χ4v) is 1.59. The maximum Gasteiger partial charge on any atom is 0.279 e. The van der Waals surface area contributed by atoms with Crippen LogP contribution in [-0.4, -0.2) is 11.7 Å². The maximum atomic E-state index is 11.5. The minimum atomic E-state index is -0.242. The molecule has 0 aliphatic carbocycles. The first-order valence-electron chi connectivity index (χ1n) is 4.20. The van der Waals surface area contributed by atoms with Crippen LogP contribution in [-0.2, 0) is 0 Å². The first-order valence-corrected chi connectivity index (χ1v) is 4.20. The third-order valence-electron chi connectivity index (χ3n) is 2.24. The molecule has 1 aromatic carbocycles. The van der Waals surface area contributed by atoms with E-state index in [1.54, 1.807) is 12.3 Å². The number of aliphatic imine (C=N–C) groups is 1. The lowest BCUT2D eigenvalue weighted by atomic mass is 9.97. The monoisotopic (exact) mass is 183 g/mol. The molecule has 4 heteroatoms. The van der Waals surface area contributed by atoms with Gasteiger partial charge in [0.1, 0.15) is 0 Å². The van der Waals surface area contributed by atoms with E-state index < -0.39 is 0 Å². The number of rotatable bonds is 0. The van der Waals surface area contributed by atoms with E-state index in [4.69, 9.17) is 0 Å². The topological polar surface area (TPSA) is 54.1 Å². The van der Waals surface area contributed by atoms with Gasteiger partial charge in [-0.05, 0) is 11.6 Å². The molecule has 66 valence electrons. The summed E-state index contributed by atoms with van der Waals surface area (Å²) in [5.74, 6) is 0.183. The van der Waals surface area contributed by atoms with Crippen molar-refractivity contribution >= 4 is 17.3 Å². The van der Waals surface area contributed by atoms with Gasteiger partial charge >= 0.3 is 0 Å². The molecular weight excluding hydrogens is 178 g/mol. The number of nitrogens with zero attached hydrogens (tertiary/aromatic N) is 3. The number of carbonyl (C=O) groups excluding carboxylic acids is 1. The predicted octanol–water partition coefficient (Wildman–Crippen LogP) is 2.05. The van der Waals surface area contributed by atoms with E-state index in [-0.39, 0.29) is 5.91 Å². The zero-order chi connectivity index (χ0) is 9.54. The second-order valence-corrected chi connectivity index (χ2v) is 3.04. The Hall–Kier alpha value is -2.10. The first-order chi connectivity index (χ1) is 6.86. The van der Waals surface area contributed by atoms with Crippen molar-refractivity contribution in [1.29, 1.82) is 0 Å². The second kappa shape index (κ2) is 2.45. The van der Waals surface area contributed by atoms with Crippen molar-refractivity contribution in [3.8, 4) is 0 Å². The molecule has 0 atom stereocenters. The number of amidine groups is 1. The summed E-state index contributed by atoms with van der Waals surface area (Å²) in [5, 5.41) is 7.51. The minimum Gasteiger partial charge on any atom is -0.267 e. The van der Waals surface area contributed by atoms with E-state index in [2.05, 4.69) is 15.2 Å². The molecule has 0 saturated heterocycles. The quantitative estimate of drug-likeness (QED) is 0.607. The van der Waals surface area contributed by atoms with E-state index >= 15 is 0 Å². The van der Waals surface area contributed by atoms with E-state index in [9.17, 15) is 4.79 Å². The Morgan fingerprint density at radius 2 is 1.86 bits per heavy atom. The number of carbonyl (C=O) groups is 1. The van der Waals surface area contributed by atoms with Crippen LogP contribution in [0.25, 0.3) is 5.57 Å². The SMILES string of the molecule is O=C1N=C2N=NC=C2c2ccccc21.